The number of hydrogen-bond donors (Lipinski definition) is 1. The Morgan fingerprint density at radius 1 is 1.16 bits per heavy atom. The third-order valence-electron chi connectivity index (χ3n) is 3.18. The molecule has 0 heterocycles. The lowest BCUT2D eigenvalue weighted by Crippen LogP contribution is -2.22. The number of hydrogen-bond acceptors (Lipinski definition) is 1. The number of nitrogens with two attached hydrogens (primary N) is 1. The maximum Gasteiger partial charge on any atom is 0.416 e. The van der Waals surface area contributed by atoms with Gasteiger partial charge in [-0.05, 0) is 24.5 Å². The third-order valence-corrected chi connectivity index (χ3v) is 3.18. The predicted octanol–water partition coefficient (Wildman–Crippen LogP) is 4.55. The Kier molecular flexibility index (Phi) is 6.35. The SMILES string of the molecule is CCCCCCC(N)Cc1cccc(C(F)(F)F)c1. The smallest absolute Gasteiger partial charge is 0.327 e. The highest BCUT2D eigenvalue weighted by Crippen LogP contribution is 2.29. The molecule has 0 aliphatic heterocycles. The number of alkyl halides is 3. The molecule has 0 radical (unpaired) electrons. The van der Waals surface area contributed by atoms with Gasteiger partial charge < -0.3 is 5.73 Å². The van der Waals surface area contributed by atoms with Gasteiger partial charge in [0.25, 0.3) is 0 Å². The zero-order chi connectivity index (χ0) is 14.3. The van der Waals surface area contributed by atoms with Crippen molar-refractivity contribution >= 4 is 0 Å². The second-order valence-electron chi connectivity index (χ2n) is 5.01. The zero-order valence-electron chi connectivity index (χ0n) is 11.3. The predicted molar refractivity (Wildman–Crippen MR) is 71.9 cm³/mol. The summed E-state index contributed by atoms with van der Waals surface area (Å²) in [5.74, 6) is 0. The Bertz CT molecular complexity index is 374. The van der Waals surface area contributed by atoms with Crippen molar-refractivity contribution in [2.75, 3.05) is 0 Å². The molecule has 1 aromatic rings. The van der Waals surface area contributed by atoms with Crippen LogP contribution >= 0.6 is 0 Å². The van der Waals surface area contributed by atoms with E-state index in [-0.39, 0.29) is 6.04 Å². The minimum atomic E-state index is -4.28. The van der Waals surface area contributed by atoms with E-state index in [0.29, 0.717) is 12.0 Å². The average molecular weight is 273 g/mol. The quantitative estimate of drug-likeness (QED) is 0.725. The topological polar surface area (TPSA) is 26.0 Å². The molecule has 19 heavy (non-hydrogen) atoms. The van der Waals surface area contributed by atoms with E-state index in [1.54, 1.807) is 6.07 Å². The first-order valence-electron chi connectivity index (χ1n) is 6.85. The lowest BCUT2D eigenvalue weighted by Gasteiger charge is -2.13. The average Bonchev–Trinajstić information content (AvgIpc) is 2.34. The molecule has 0 aromatic heterocycles. The first kappa shape index (κ1) is 16.0. The standard InChI is InChI=1S/C15H22F3N/c1-2-3-4-5-9-14(19)11-12-7-6-8-13(10-12)15(16,17)18/h6-8,10,14H,2-5,9,11,19H2,1H3. The fourth-order valence-electron chi connectivity index (χ4n) is 2.11. The Hall–Kier alpha value is -1.03. The first-order valence-corrected chi connectivity index (χ1v) is 6.85. The Balaban J connectivity index is 2.48. The van der Waals surface area contributed by atoms with Crippen LogP contribution in [0.2, 0.25) is 0 Å². The zero-order valence-corrected chi connectivity index (χ0v) is 11.3. The van der Waals surface area contributed by atoms with Gasteiger partial charge in [-0.3, -0.25) is 0 Å². The molecule has 0 fully saturated rings. The monoisotopic (exact) mass is 273 g/mol. The summed E-state index contributed by atoms with van der Waals surface area (Å²) in [6.45, 7) is 2.14. The van der Waals surface area contributed by atoms with Crippen LogP contribution in [-0.2, 0) is 12.6 Å². The van der Waals surface area contributed by atoms with Gasteiger partial charge in [0.2, 0.25) is 0 Å². The van der Waals surface area contributed by atoms with E-state index >= 15 is 0 Å². The first-order chi connectivity index (χ1) is 8.93. The fourth-order valence-corrected chi connectivity index (χ4v) is 2.11. The van der Waals surface area contributed by atoms with Gasteiger partial charge in [-0.1, -0.05) is 50.8 Å². The number of unbranched alkanes of at least 4 members (excludes halogenated alkanes) is 3. The van der Waals surface area contributed by atoms with Crippen molar-refractivity contribution in [2.24, 2.45) is 5.73 Å². The largest absolute Gasteiger partial charge is 0.416 e. The van der Waals surface area contributed by atoms with E-state index < -0.39 is 11.7 Å². The molecular weight excluding hydrogens is 251 g/mol. The molecule has 0 saturated carbocycles. The van der Waals surface area contributed by atoms with Crippen LogP contribution in [-0.4, -0.2) is 6.04 Å². The molecule has 2 N–H and O–H groups in total. The summed E-state index contributed by atoms with van der Waals surface area (Å²) in [5.41, 5.74) is 6.04. The normalized spacial score (nSPS) is 13.5. The summed E-state index contributed by atoms with van der Waals surface area (Å²) in [5, 5.41) is 0. The van der Waals surface area contributed by atoms with E-state index in [4.69, 9.17) is 5.73 Å². The van der Waals surface area contributed by atoms with Crippen LogP contribution in [0, 0.1) is 0 Å². The van der Waals surface area contributed by atoms with Crippen molar-refractivity contribution in [3.05, 3.63) is 35.4 Å². The van der Waals surface area contributed by atoms with Crippen molar-refractivity contribution < 1.29 is 13.2 Å². The van der Waals surface area contributed by atoms with E-state index in [9.17, 15) is 13.2 Å². The van der Waals surface area contributed by atoms with E-state index in [1.165, 1.54) is 25.0 Å². The lowest BCUT2D eigenvalue weighted by atomic mass is 9.99. The highest BCUT2D eigenvalue weighted by atomic mass is 19.4. The van der Waals surface area contributed by atoms with Crippen LogP contribution < -0.4 is 5.73 Å². The molecule has 1 unspecified atom stereocenters. The van der Waals surface area contributed by atoms with Gasteiger partial charge in [-0.15, -0.1) is 0 Å². The van der Waals surface area contributed by atoms with Crippen molar-refractivity contribution in [3.8, 4) is 0 Å². The van der Waals surface area contributed by atoms with E-state index in [0.717, 1.165) is 25.3 Å². The number of halogens is 3. The maximum absolute atomic E-state index is 12.6. The summed E-state index contributed by atoms with van der Waals surface area (Å²) < 4.78 is 37.7. The number of benzene rings is 1. The Morgan fingerprint density at radius 2 is 1.89 bits per heavy atom. The molecule has 108 valence electrons. The summed E-state index contributed by atoms with van der Waals surface area (Å²) in [4.78, 5) is 0. The van der Waals surface area contributed by atoms with Crippen LogP contribution in [0.1, 0.15) is 50.2 Å². The van der Waals surface area contributed by atoms with E-state index in [1.807, 2.05) is 0 Å². The molecule has 0 bridgehead atoms. The second-order valence-corrected chi connectivity index (χ2v) is 5.01. The van der Waals surface area contributed by atoms with Gasteiger partial charge in [0.15, 0.2) is 0 Å². The summed E-state index contributed by atoms with van der Waals surface area (Å²) >= 11 is 0. The lowest BCUT2D eigenvalue weighted by molar-refractivity contribution is -0.137. The van der Waals surface area contributed by atoms with Gasteiger partial charge >= 0.3 is 6.18 Å². The van der Waals surface area contributed by atoms with Crippen molar-refractivity contribution in [1.29, 1.82) is 0 Å². The summed E-state index contributed by atoms with van der Waals surface area (Å²) in [7, 11) is 0. The maximum atomic E-state index is 12.6. The minimum absolute atomic E-state index is 0.0552. The fraction of sp³-hybridized carbons (Fsp3) is 0.600. The third kappa shape index (κ3) is 6.10. The number of rotatable bonds is 7. The summed E-state index contributed by atoms with van der Waals surface area (Å²) in [6.07, 6.45) is 1.66. The van der Waals surface area contributed by atoms with Crippen LogP contribution in [0.25, 0.3) is 0 Å². The van der Waals surface area contributed by atoms with Gasteiger partial charge in [-0.2, -0.15) is 13.2 Å². The molecule has 0 saturated heterocycles. The van der Waals surface area contributed by atoms with Gasteiger partial charge in [0.1, 0.15) is 0 Å². The van der Waals surface area contributed by atoms with Crippen LogP contribution in [0.4, 0.5) is 13.2 Å². The molecule has 1 rings (SSSR count). The molecule has 0 aliphatic rings. The molecule has 1 nitrogen and oxygen atoms in total. The highest BCUT2D eigenvalue weighted by Gasteiger charge is 2.30. The highest BCUT2D eigenvalue weighted by molar-refractivity contribution is 5.26. The van der Waals surface area contributed by atoms with Gasteiger partial charge in [0.05, 0.1) is 5.56 Å². The molecule has 1 atom stereocenters. The second kappa shape index (κ2) is 7.53. The Labute approximate surface area is 113 Å². The molecule has 1 aromatic carbocycles. The summed E-state index contributed by atoms with van der Waals surface area (Å²) in [6, 6.07) is 5.39. The molecule has 0 amide bonds. The molecular formula is C15H22F3N. The molecule has 4 heteroatoms. The molecule has 0 spiro atoms. The van der Waals surface area contributed by atoms with Gasteiger partial charge in [-0.25, -0.2) is 0 Å². The van der Waals surface area contributed by atoms with E-state index in [2.05, 4.69) is 6.92 Å². The van der Waals surface area contributed by atoms with Crippen LogP contribution in [0.15, 0.2) is 24.3 Å². The van der Waals surface area contributed by atoms with Gasteiger partial charge in [0, 0.05) is 6.04 Å². The van der Waals surface area contributed by atoms with Crippen molar-refractivity contribution in [3.63, 3.8) is 0 Å². The van der Waals surface area contributed by atoms with Crippen LogP contribution in [0.5, 0.6) is 0 Å². The van der Waals surface area contributed by atoms with Crippen LogP contribution in [0.3, 0.4) is 0 Å². The minimum Gasteiger partial charge on any atom is -0.327 e. The Morgan fingerprint density at radius 3 is 2.53 bits per heavy atom. The molecule has 0 aliphatic carbocycles. The van der Waals surface area contributed by atoms with Crippen molar-refractivity contribution in [2.45, 2.75) is 57.7 Å². The van der Waals surface area contributed by atoms with Crippen molar-refractivity contribution in [1.82, 2.24) is 0 Å².